The lowest BCUT2D eigenvalue weighted by molar-refractivity contribution is 0.149. The highest BCUT2D eigenvalue weighted by Crippen LogP contribution is 2.30. The summed E-state index contributed by atoms with van der Waals surface area (Å²) in [5.74, 6) is -0.509. The molecule has 6 heteroatoms. The molecule has 0 radical (unpaired) electrons. The highest BCUT2D eigenvalue weighted by molar-refractivity contribution is 7.80. The van der Waals surface area contributed by atoms with E-state index in [1.54, 1.807) is 0 Å². The molecule has 2 aromatic rings. The minimum absolute atomic E-state index is 0.0371. The average molecular weight is 404 g/mol. The van der Waals surface area contributed by atoms with Crippen molar-refractivity contribution < 1.29 is 8.78 Å². The van der Waals surface area contributed by atoms with Gasteiger partial charge in [-0.15, -0.1) is 0 Å². The lowest BCUT2D eigenvalue weighted by Gasteiger charge is -2.40. The minimum atomic E-state index is -0.255. The molecular formula is C22H27F2N3S. The Labute approximate surface area is 171 Å². The van der Waals surface area contributed by atoms with Crippen molar-refractivity contribution in [1.82, 2.24) is 15.1 Å². The Morgan fingerprint density at radius 2 is 1.43 bits per heavy atom. The zero-order chi connectivity index (χ0) is 19.9. The van der Waals surface area contributed by atoms with Crippen LogP contribution in [0.4, 0.5) is 8.78 Å². The summed E-state index contributed by atoms with van der Waals surface area (Å²) in [7, 11) is 0. The van der Waals surface area contributed by atoms with Crippen LogP contribution in [0.1, 0.15) is 36.9 Å². The molecule has 150 valence electrons. The summed E-state index contributed by atoms with van der Waals surface area (Å²) in [6, 6.07) is 13.1. The smallest absolute Gasteiger partial charge is 0.169 e. The van der Waals surface area contributed by atoms with Gasteiger partial charge in [-0.25, -0.2) is 8.78 Å². The van der Waals surface area contributed by atoms with E-state index in [1.807, 2.05) is 24.3 Å². The first-order valence-corrected chi connectivity index (χ1v) is 10.3. The summed E-state index contributed by atoms with van der Waals surface area (Å²) in [6.45, 7) is 6.38. The Kier molecular flexibility index (Phi) is 7.34. The minimum Gasteiger partial charge on any atom is -0.363 e. The largest absolute Gasteiger partial charge is 0.363 e. The predicted octanol–water partition coefficient (Wildman–Crippen LogP) is 4.35. The molecule has 1 aliphatic rings. The number of piperazine rings is 1. The van der Waals surface area contributed by atoms with E-state index in [1.165, 1.54) is 24.3 Å². The molecule has 0 saturated carbocycles. The van der Waals surface area contributed by atoms with Gasteiger partial charge >= 0.3 is 0 Å². The third-order valence-corrected chi connectivity index (χ3v) is 5.55. The predicted molar refractivity (Wildman–Crippen MR) is 113 cm³/mol. The van der Waals surface area contributed by atoms with Crippen LogP contribution in [-0.2, 0) is 0 Å². The zero-order valence-electron chi connectivity index (χ0n) is 16.2. The lowest BCUT2D eigenvalue weighted by Crippen LogP contribution is -2.52. The second kappa shape index (κ2) is 9.94. The molecule has 3 rings (SSSR count). The van der Waals surface area contributed by atoms with Crippen molar-refractivity contribution in [1.29, 1.82) is 0 Å². The van der Waals surface area contributed by atoms with Gasteiger partial charge in [0, 0.05) is 32.7 Å². The summed E-state index contributed by atoms with van der Waals surface area (Å²) in [4.78, 5) is 4.56. The Morgan fingerprint density at radius 1 is 0.929 bits per heavy atom. The van der Waals surface area contributed by atoms with Crippen molar-refractivity contribution >= 4 is 17.3 Å². The number of halogens is 2. The topological polar surface area (TPSA) is 18.5 Å². The maximum Gasteiger partial charge on any atom is 0.169 e. The first kappa shape index (κ1) is 20.7. The monoisotopic (exact) mass is 403 g/mol. The van der Waals surface area contributed by atoms with Gasteiger partial charge in [0.1, 0.15) is 11.6 Å². The van der Waals surface area contributed by atoms with Gasteiger partial charge in [0.05, 0.1) is 6.04 Å². The van der Waals surface area contributed by atoms with Crippen LogP contribution in [0.2, 0.25) is 0 Å². The molecule has 0 atom stereocenters. The fraction of sp³-hybridized carbons (Fsp3) is 0.409. The molecule has 0 spiro atoms. The van der Waals surface area contributed by atoms with E-state index in [0.717, 1.165) is 61.8 Å². The van der Waals surface area contributed by atoms with E-state index in [2.05, 4.69) is 22.0 Å². The van der Waals surface area contributed by atoms with Gasteiger partial charge in [-0.2, -0.15) is 0 Å². The average Bonchev–Trinajstić information content (AvgIpc) is 2.71. The van der Waals surface area contributed by atoms with Crippen molar-refractivity contribution in [2.24, 2.45) is 0 Å². The highest BCUT2D eigenvalue weighted by atomic mass is 32.1. The molecule has 1 N–H and O–H groups in total. The summed E-state index contributed by atoms with van der Waals surface area (Å²) >= 11 is 5.52. The molecule has 0 aliphatic carbocycles. The van der Waals surface area contributed by atoms with E-state index in [4.69, 9.17) is 12.2 Å². The van der Waals surface area contributed by atoms with Crippen LogP contribution in [0.25, 0.3) is 0 Å². The van der Waals surface area contributed by atoms with E-state index in [9.17, 15) is 8.78 Å². The number of nitrogens with one attached hydrogen (secondary N) is 1. The first-order chi connectivity index (χ1) is 13.6. The second-order valence-corrected chi connectivity index (χ2v) is 7.50. The number of benzene rings is 2. The zero-order valence-corrected chi connectivity index (χ0v) is 17.0. The molecule has 1 fully saturated rings. The molecule has 0 amide bonds. The lowest BCUT2D eigenvalue weighted by atomic mass is 9.96. The van der Waals surface area contributed by atoms with Crippen LogP contribution in [0.15, 0.2) is 48.5 Å². The molecule has 1 saturated heterocycles. The normalized spacial score (nSPS) is 15.1. The SMILES string of the molecule is CCCCNC(=S)N1CCN(C(c2ccc(F)cc2)c2ccc(F)cc2)CC1. The standard InChI is InChI=1S/C22H27F2N3S/c1-2-3-12-25-22(28)27-15-13-26(14-16-27)21(17-4-8-19(23)9-5-17)18-6-10-20(24)11-7-18/h4-11,21H,2-3,12-16H2,1H3,(H,25,28). The number of thiocarbonyl (C=S) groups is 1. The van der Waals surface area contributed by atoms with E-state index in [-0.39, 0.29) is 17.7 Å². The van der Waals surface area contributed by atoms with Crippen molar-refractivity contribution in [2.45, 2.75) is 25.8 Å². The van der Waals surface area contributed by atoms with Crippen molar-refractivity contribution in [3.63, 3.8) is 0 Å². The Bertz CT molecular complexity index is 711. The fourth-order valence-corrected chi connectivity index (χ4v) is 3.86. The maximum absolute atomic E-state index is 13.4. The van der Waals surface area contributed by atoms with E-state index in [0.29, 0.717) is 0 Å². The van der Waals surface area contributed by atoms with Crippen molar-refractivity contribution in [3.8, 4) is 0 Å². The van der Waals surface area contributed by atoms with Crippen LogP contribution in [0.3, 0.4) is 0 Å². The highest BCUT2D eigenvalue weighted by Gasteiger charge is 2.27. The maximum atomic E-state index is 13.4. The third-order valence-electron chi connectivity index (χ3n) is 5.14. The first-order valence-electron chi connectivity index (χ1n) is 9.86. The molecule has 1 aliphatic heterocycles. The molecule has 2 aromatic carbocycles. The van der Waals surface area contributed by atoms with Gasteiger partial charge in [0.2, 0.25) is 0 Å². The molecular weight excluding hydrogens is 376 g/mol. The van der Waals surface area contributed by atoms with Gasteiger partial charge in [-0.05, 0) is 54.0 Å². The quantitative estimate of drug-likeness (QED) is 0.571. The Hall–Kier alpha value is -2.05. The summed E-state index contributed by atoms with van der Waals surface area (Å²) in [5, 5.41) is 4.14. The summed E-state index contributed by atoms with van der Waals surface area (Å²) in [5.41, 5.74) is 2.01. The Balaban J connectivity index is 1.72. The second-order valence-electron chi connectivity index (χ2n) is 7.11. The van der Waals surface area contributed by atoms with Crippen LogP contribution in [0, 0.1) is 11.6 Å². The number of hydrogen-bond acceptors (Lipinski definition) is 2. The Morgan fingerprint density at radius 3 is 1.89 bits per heavy atom. The molecule has 1 heterocycles. The van der Waals surface area contributed by atoms with Crippen LogP contribution < -0.4 is 5.32 Å². The van der Waals surface area contributed by atoms with Crippen molar-refractivity contribution in [3.05, 3.63) is 71.3 Å². The number of rotatable bonds is 6. The van der Waals surface area contributed by atoms with Gasteiger partial charge in [-0.1, -0.05) is 37.6 Å². The molecule has 0 unspecified atom stereocenters. The van der Waals surface area contributed by atoms with Gasteiger partial charge in [0.15, 0.2) is 5.11 Å². The van der Waals surface area contributed by atoms with E-state index >= 15 is 0 Å². The molecule has 3 nitrogen and oxygen atoms in total. The number of hydrogen-bond donors (Lipinski definition) is 1. The van der Waals surface area contributed by atoms with Crippen LogP contribution in [-0.4, -0.2) is 47.6 Å². The number of nitrogens with zero attached hydrogens (tertiary/aromatic N) is 2. The number of unbranched alkanes of at least 4 members (excludes halogenated alkanes) is 1. The van der Waals surface area contributed by atoms with Gasteiger partial charge in [0.25, 0.3) is 0 Å². The van der Waals surface area contributed by atoms with E-state index < -0.39 is 0 Å². The third kappa shape index (κ3) is 5.26. The van der Waals surface area contributed by atoms with Gasteiger partial charge < -0.3 is 10.2 Å². The fourth-order valence-electron chi connectivity index (χ4n) is 3.57. The van der Waals surface area contributed by atoms with Crippen LogP contribution >= 0.6 is 12.2 Å². The molecule has 0 aromatic heterocycles. The van der Waals surface area contributed by atoms with Crippen LogP contribution in [0.5, 0.6) is 0 Å². The summed E-state index contributed by atoms with van der Waals surface area (Å²) < 4.78 is 26.8. The summed E-state index contributed by atoms with van der Waals surface area (Å²) in [6.07, 6.45) is 2.25. The molecule has 28 heavy (non-hydrogen) atoms. The van der Waals surface area contributed by atoms with Crippen molar-refractivity contribution in [2.75, 3.05) is 32.7 Å². The van der Waals surface area contributed by atoms with Gasteiger partial charge in [-0.3, -0.25) is 4.90 Å². The molecule has 0 bridgehead atoms.